The molecule has 0 amide bonds. The van der Waals surface area contributed by atoms with E-state index in [4.69, 9.17) is 9.47 Å². The van der Waals surface area contributed by atoms with Crippen LogP contribution in [0.4, 0.5) is 4.39 Å². The summed E-state index contributed by atoms with van der Waals surface area (Å²) in [5, 5.41) is 0. The fourth-order valence-electron chi connectivity index (χ4n) is 2.10. The normalized spacial score (nSPS) is 15.9. The molecule has 5 heteroatoms. The smallest absolute Gasteiger partial charge is 0.235 e. The van der Waals surface area contributed by atoms with Crippen molar-refractivity contribution in [3.63, 3.8) is 0 Å². The number of carbonyl (C=O) groups excluding carboxylic acids is 1. The fraction of sp³-hybridized carbons (Fsp3) is 0.462. The van der Waals surface area contributed by atoms with E-state index in [9.17, 15) is 9.18 Å². The summed E-state index contributed by atoms with van der Waals surface area (Å²) in [4.78, 5) is 14.3. The molecular weight excluding hydrogens is 237 g/mol. The summed E-state index contributed by atoms with van der Waals surface area (Å²) in [6.45, 7) is 0.300. The van der Waals surface area contributed by atoms with Crippen molar-refractivity contribution in [2.75, 3.05) is 14.2 Å². The number of nitrogens with zero attached hydrogens (tertiary/aromatic N) is 1. The van der Waals surface area contributed by atoms with E-state index in [1.807, 2.05) is 0 Å². The van der Waals surface area contributed by atoms with Crippen LogP contribution < -0.4 is 4.74 Å². The highest BCUT2D eigenvalue weighted by molar-refractivity contribution is 5.49. The molecule has 0 saturated heterocycles. The van der Waals surface area contributed by atoms with Gasteiger partial charge in [-0.2, -0.15) is 4.99 Å². The van der Waals surface area contributed by atoms with Crippen molar-refractivity contribution in [3.05, 3.63) is 29.1 Å². The molecule has 0 N–H and O–H groups in total. The molecule has 0 heterocycles. The molecule has 0 spiro atoms. The Hall–Kier alpha value is -1.71. The molecule has 1 aromatic rings. The van der Waals surface area contributed by atoms with Gasteiger partial charge in [-0.15, -0.1) is 0 Å². The summed E-state index contributed by atoms with van der Waals surface area (Å²) in [6.07, 6.45) is 2.96. The fourth-order valence-corrected chi connectivity index (χ4v) is 2.10. The summed E-state index contributed by atoms with van der Waals surface area (Å²) in [7, 11) is 2.94. The lowest BCUT2D eigenvalue weighted by atomic mass is 10.0. The van der Waals surface area contributed by atoms with Crippen molar-refractivity contribution < 1.29 is 18.7 Å². The van der Waals surface area contributed by atoms with Gasteiger partial charge in [0, 0.05) is 12.7 Å². The van der Waals surface area contributed by atoms with E-state index in [1.54, 1.807) is 12.1 Å². The minimum absolute atomic E-state index is 0.145. The highest BCUT2D eigenvalue weighted by Gasteiger charge is 2.47. The number of rotatable bonds is 5. The Kier molecular flexibility index (Phi) is 3.45. The van der Waals surface area contributed by atoms with Crippen molar-refractivity contribution >= 4 is 6.08 Å². The highest BCUT2D eigenvalue weighted by atomic mass is 19.1. The molecule has 0 bridgehead atoms. The van der Waals surface area contributed by atoms with Crippen LogP contribution >= 0.6 is 0 Å². The largest absolute Gasteiger partial charge is 0.493 e. The monoisotopic (exact) mass is 251 g/mol. The maximum absolute atomic E-state index is 13.9. The Morgan fingerprint density at radius 1 is 1.44 bits per heavy atom. The van der Waals surface area contributed by atoms with Gasteiger partial charge >= 0.3 is 0 Å². The first-order chi connectivity index (χ1) is 8.66. The SMILES string of the molecule is COCc1cc(F)c(OC)c(C2(N=C=O)CC2)c1. The summed E-state index contributed by atoms with van der Waals surface area (Å²) in [5.41, 5.74) is 0.635. The maximum Gasteiger partial charge on any atom is 0.235 e. The minimum atomic E-state index is -0.655. The summed E-state index contributed by atoms with van der Waals surface area (Å²) >= 11 is 0. The number of isocyanates is 1. The van der Waals surface area contributed by atoms with Gasteiger partial charge in [0.05, 0.1) is 13.7 Å². The van der Waals surface area contributed by atoms with Gasteiger partial charge in [0.2, 0.25) is 6.08 Å². The minimum Gasteiger partial charge on any atom is -0.493 e. The number of benzene rings is 1. The van der Waals surface area contributed by atoms with Crippen LogP contribution in [0.15, 0.2) is 17.1 Å². The Labute approximate surface area is 104 Å². The van der Waals surface area contributed by atoms with Gasteiger partial charge in [0.15, 0.2) is 11.6 Å². The van der Waals surface area contributed by atoms with E-state index in [2.05, 4.69) is 4.99 Å². The first-order valence-corrected chi connectivity index (χ1v) is 5.61. The number of halogens is 1. The average Bonchev–Trinajstić information content (AvgIpc) is 3.10. The molecule has 0 unspecified atom stereocenters. The van der Waals surface area contributed by atoms with E-state index in [-0.39, 0.29) is 5.75 Å². The average molecular weight is 251 g/mol. The number of hydrogen-bond acceptors (Lipinski definition) is 4. The lowest BCUT2D eigenvalue weighted by molar-refractivity contribution is 0.184. The lowest BCUT2D eigenvalue weighted by Gasteiger charge is -2.16. The van der Waals surface area contributed by atoms with Gasteiger partial charge in [-0.1, -0.05) is 0 Å². The van der Waals surface area contributed by atoms with E-state index in [1.165, 1.54) is 20.3 Å². The molecule has 0 aliphatic heterocycles. The Balaban J connectivity index is 2.53. The second-order valence-corrected chi connectivity index (χ2v) is 4.33. The van der Waals surface area contributed by atoms with Crippen molar-refractivity contribution in [2.24, 2.45) is 4.99 Å². The van der Waals surface area contributed by atoms with Crippen LogP contribution in [0.2, 0.25) is 0 Å². The molecule has 18 heavy (non-hydrogen) atoms. The summed E-state index contributed by atoms with van der Waals surface area (Å²) in [5.74, 6) is -0.319. The third-order valence-corrected chi connectivity index (χ3v) is 3.10. The van der Waals surface area contributed by atoms with Crippen LogP contribution in [0.1, 0.15) is 24.0 Å². The molecule has 1 fully saturated rings. The number of hydrogen-bond donors (Lipinski definition) is 0. The molecule has 96 valence electrons. The molecular formula is C13H14FNO3. The summed E-state index contributed by atoms with van der Waals surface area (Å²) < 4.78 is 24.0. The van der Waals surface area contributed by atoms with Crippen LogP contribution in [-0.2, 0) is 21.7 Å². The van der Waals surface area contributed by atoms with Gasteiger partial charge in [-0.3, -0.25) is 0 Å². The Morgan fingerprint density at radius 2 is 2.17 bits per heavy atom. The molecule has 1 aliphatic carbocycles. The maximum atomic E-state index is 13.9. The first-order valence-electron chi connectivity index (χ1n) is 5.61. The Morgan fingerprint density at radius 3 is 2.67 bits per heavy atom. The number of ether oxygens (including phenoxy) is 2. The molecule has 0 radical (unpaired) electrons. The molecule has 4 nitrogen and oxygen atoms in total. The van der Waals surface area contributed by atoms with Crippen LogP contribution in [-0.4, -0.2) is 20.3 Å². The van der Waals surface area contributed by atoms with Crippen molar-refractivity contribution in [3.8, 4) is 5.75 Å². The topological polar surface area (TPSA) is 47.9 Å². The van der Waals surface area contributed by atoms with Crippen LogP contribution in [0, 0.1) is 5.82 Å². The molecule has 1 saturated carbocycles. The zero-order chi connectivity index (χ0) is 13.2. The van der Waals surface area contributed by atoms with Crippen molar-refractivity contribution in [1.82, 2.24) is 0 Å². The van der Waals surface area contributed by atoms with Crippen LogP contribution in [0.3, 0.4) is 0 Å². The quantitative estimate of drug-likeness (QED) is 0.596. The molecule has 2 rings (SSSR count). The standard InChI is InChI=1S/C13H14FNO3/c1-17-7-9-5-10(12(18-2)11(14)6-9)13(3-4-13)15-8-16/h5-6H,3-4,7H2,1-2H3. The zero-order valence-electron chi connectivity index (χ0n) is 10.3. The summed E-state index contributed by atoms with van der Waals surface area (Å²) in [6, 6.07) is 3.14. The molecule has 1 aromatic carbocycles. The number of aliphatic imine (C=N–C) groups is 1. The first kappa shape index (κ1) is 12.7. The van der Waals surface area contributed by atoms with Gasteiger partial charge in [0.1, 0.15) is 5.54 Å². The second-order valence-electron chi connectivity index (χ2n) is 4.33. The van der Waals surface area contributed by atoms with E-state index in [0.29, 0.717) is 30.6 Å². The predicted octanol–water partition coefficient (Wildman–Crippen LogP) is 2.31. The van der Waals surface area contributed by atoms with Crippen LogP contribution in [0.5, 0.6) is 5.75 Å². The molecule has 1 aliphatic rings. The van der Waals surface area contributed by atoms with Crippen molar-refractivity contribution in [1.29, 1.82) is 0 Å². The van der Waals surface area contributed by atoms with Gasteiger partial charge in [-0.25, -0.2) is 9.18 Å². The molecule has 0 aromatic heterocycles. The van der Waals surface area contributed by atoms with Gasteiger partial charge in [0.25, 0.3) is 0 Å². The Bertz CT molecular complexity index is 505. The van der Waals surface area contributed by atoms with E-state index < -0.39 is 11.4 Å². The second kappa shape index (κ2) is 4.88. The predicted molar refractivity (Wildman–Crippen MR) is 62.7 cm³/mol. The van der Waals surface area contributed by atoms with Crippen LogP contribution in [0.25, 0.3) is 0 Å². The van der Waals surface area contributed by atoms with Crippen molar-refractivity contribution in [2.45, 2.75) is 25.0 Å². The van der Waals surface area contributed by atoms with E-state index >= 15 is 0 Å². The van der Waals surface area contributed by atoms with E-state index in [0.717, 1.165) is 0 Å². The van der Waals surface area contributed by atoms with Gasteiger partial charge < -0.3 is 9.47 Å². The third-order valence-electron chi connectivity index (χ3n) is 3.10. The van der Waals surface area contributed by atoms with Gasteiger partial charge in [-0.05, 0) is 30.5 Å². The molecule has 0 atom stereocenters. The number of methoxy groups -OCH3 is 2. The lowest BCUT2D eigenvalue weighted by Crippen LogP contribution is -2.08. The highest BCUT2D eigenvalue weighted by Crippen LogP contribution is 2.53. The third kappa shape index (κ3) is 2.15. The zero-order valence-corrected chi connectivity index (χ0v) is 10.3.